The molecule has 2 aromatic carbocycles. The van der Waals surface area contributed by atoms with E-state index in [-0.39, 0.29) is 11.9 Å². The van der Waals surface area contributed by atoms with Crippen molar-refractivity contribution < 1.29 is 9.53 Å². The highest BCUT2D eigenvalue weighted by Gasteiger charge is 2.17. The van der Waals surface area contributed by atoms with Crippen LogP contribution in [0.1, 0.15) is 66.2 Å². The van der Waals surface area contributed by atoms with Gasteiger partial charge in [-0.2, -0.15) is 0 Å². The third-order valence-electron chi connectivity index (χ3n) is 6.03. The van der Waals surface area contributed by atoms with E-state index >= 15 is 0 Å². The highest BCUT2D eigenvalue weighted by atomic mass is 16.5. The van der Waals surface area contributed by atoms with Crippen LogP contribution in [-0.2, 0) is 6.54 Å². The Kier molecular flexibility index (Phi) is 7.32. The second kappa shape index (κ2) is 9.93. The third kappa shape index (κ3) is 5.60. The first-order valence-corrected chi connectivity index (χ1v) is 10.8. The summed E-state index contributed by atoms with van der Waals surface area (Å²) < 4.78 is 5.34. The fraction of sp³-hybridized carbons (Fsp3) is 0.480. The molecule has 1 saturated heterocycles. The Hall–Kier alpha value is -2.33. The summed E-state index contributed by atoms with van der Waals surface area (Å²) in [5.74, 6) is 1.69. The fourth-order valence-electron chi connectivity index (χ4n) is 4.02. The number of amides is 1. The number of rotatable bonds is 7. The molecule has 0 unspecified atom stereocenters. The van der Waals surface area contributed by atoms with Crippen LogP contribution >= 0.6 is 0 Å². The molecule has 0 aromatic heterocycles. The molecule has 4 nitrogen and oxygen atoms in total. The van der Waals surface area contributed by atoms with Crippen LogP contribution in [0.4, 0.5) is 0 Å². The van der Waals surface area contributed by atoms with Gasteiger partial charge in [0, 0.05) is 12.1 Å². The van der Waals surface area contributed by atoms with Gasteiger partial charge in [-0.05, 0) is 80.1 Å². The van der Waals surface area contributed by atoms with Crippen molar-refractivity contribution in [3.05, 3.63) is 64.7 Å². The molecule has 3 rings (SSSR count). The molecule has 0 radical (unpaired) electrons. The van der Waals surface area contributed by atoms with Gasteiger partial charge in [0.1, 0.15) is 5.75 Å². The van der Waals surface area contributed by atoms with E-state index in [0.717, 1.165) is 35.8 Å². The fourth-order valence-corrected chi connectivity index (χ4v) is 4.02. The average molecular weight is 395 g/mol. The summed E-state index contributed by atoms with van der Waals surface area (Å²) >= 11 is 0. The van der Waals surface area contributed by atoms with Crippen molar-refractivity contribution in [2.24, 2.45) is 5.92 Å². The lowest BCUT2D eigenvalue weighted by atomic mass is 9.98. The molecule has 4 heteroatoms. The quantitative estimate of drug-likeness (QED) is 0.709. The SMILES string of the molecule is CC[C@H](NC(=O)c1ccc(CN2CCC(C)CC2)cc1)c1ccc(OC)c(C)c1. The van der Waals surface area contributed by atoms with Crippen molar-refractivity contribution in [3.8, 4) is 5.75 Å². The minimum atomic E-state index is -0.0244. The molecule has 0 bridgehead atoms. The Morgan fingerprint density at radius 3 is 2.45 bits per heavy atom. The van der Waals surface area contributed by atoms with E-state index in [1.165, 1.54) is 31.5 Å². The van der Waals surface area contributed by atoms with Gasteiger partial charge < -0.3 is 10.1 Å². The van der Waals surface area contributed by atoms with E-state index in [0.29, 0.717) is 5.56 Å². The lowest BCUT2D eigenvalue weighted by molar-refractivity contribution is 0.0935. The van der Waals surface area contributed by atoms with Crippen LogP contribution in [0.15, 0.2) is 42.5 Å². The standard InChI is InChI=1S/C25H34N2O2/c1-5-23(22-10-11-24(29-4)19(3)16-22)26-25(28)21-8-6-20(7-9-21)17-27-14-12-18(2)13-15-27/h6-11,16,18,23H,5,12-15,17H2,1-4H3,(H,26,28)/t23-/m0/s1. The van der Waals surface area contributed by atoms with E-state index < -0.39 is 0 Å². The number of carbonyl (C=O) groups is 1. The maximum absolute atomic E-state index is 12.8. The molecule has 0 saturated carbocycles. The van der Waals surface area contributed by atoms with E-state index in [4.69, 9.17) is 4.74 Å². The largest absolute Gasteiger partial charge is 0.496 e. The summed E-state index contributed by atoms with van der Waals surface area (Å²) in [6, 6.07) is 14.2. The summed E-state index contributed by atoms with van der Waals surface area (Å²) in [5, 5.41) is 3.18. The number of nitrogens with zero attached hydrogens (tertiary/aromatic N) is 1. The Morgan fingerprint density at radius 2 is 1.86 bits per heavy atom. The second-order valence-electron chi connectivity index (χ2n) is 8.32. The number of hydrogen-bond acceptors (Lipinski definition) is 3. The van der Waals surface area contributed by atoms with Crippen molar-refractivity contribution in [2.45, 2.75) is 52.6 Å². The van der Waals surface area contributed by atoms with Crippen LogP contribution in [0.3, 0.4) is 0 Å². The summed E-state index contributed by atoms with van der Waals surface area (Å²) in [4.78, 5) is 15.3. The highest BCUT2D eigenvalue weighted by Crippen LogP contribution is 2.25. The average Bonchev–Trinajstić information content (AvgIpc) is 2.74. The molecule has 1 atom stereocenters. The predicted molar refractivity (Wildman–Crippen MR) is 118 cm³/mol. The maximum atomic E-state index is 12.8. The minimum absolute atomic E-state index is 0.0119. The zero-order valence-electron chi connectivity index (χ0n) is 18.2. The topological polar surface area (TPSA) is 41.6 Å². The first-order chi connectivity index (χ1) is 14.0. The van der Waals surface area contributed by atoms with E-state index in [2.05, 4.69) is 42.3 Å². The summed E-state index contributed by atoms with van der Waals surface area (Å²) in [7, 11) is 1.68. The summed E-state index contributed by atoms with van der Waals surface area (Å²) in [5.41, 5.74) is 4.17. The van der Waals surface area contributed by atoms with Crippen LogP contribution in [0.5, 0.6) is 5.75 Å². The van der Waals surface area contributed by atoms with Crippen molar-refractivity contribution in [2.75, 3.05) is 20.2 Å². The number of carbonyl (C=O) groups excluding carboxylic acids is 1. The third-order valence-corrected chi connectivity index (χ3v) is 6.03. The Balaban J connectivity index is 1.61. The first kappa shape index (κ1) is 21.4. The number of aryl methyl sites for hydroxylation is 1. The van der Waals surface area contributed by atoms with Crippen molar-refractivity contribution >= 4 is 5.91 Å². The Bertz CT molecular complexity index is 808. The van der Waals surface area contributed by atoms with Gasteiger partial charge in [-0.1, -0.05) is 38.1 Å². The molecule has 1 aliphatic heterocycles. The molecule has 1 heterocycles. The molecule has 0 spiro atoms. The lowest BCUT2D eigenvalue weighted by Gasteiger charge is -2.30. The van der Waals surface area contributed by atoms with E-state index in [9.17, 15) is 4.79 Å². The zero-order valence-corrected chi connectivity index (χ0v) is 18.2. The number of hydrogen-bond donors (Lipinski definition) is 1. The highest BCUT2D eigenvalue weighted by molar-refractivity contribution is 5.94. The summed E-state index contributed by atoms with van der Waals surface area (Å²) in [6.45, 7) is 9.76. The Labute approximate surface area is 175 Å². The van der Waals surface area contributed by atoms with Gasteiger partial charge in [-0.15, -0.1) is 0 Å². The smallest absolute Gasteiger partial charge is 0.251 e. The van der Waals surface area contributed by atoms with Gasteiger partial charge in [-0.3, -0.25) is 9.69 Å². The number of benzene rings is 2. The van der Waals surface area contributed by atoms with Crippen molar-refractivity contribution in [1.82, 2.24) is 10.2 Å². The van der Waals surface area contributed by atoms with Gasteiger partial charge in [0.15, 0.2) is 0 Å². The van der Waals surface area contributed by atoms with E-state index in [1.54, 1.807) is 7.11 Å². The van der Waals surface area contributed by atoms with Crippen LogP contribution in [-0.4, -0.2) is 31.0 Å². The molecular weight excluding hydrogens is 360 g/mol. The molecule has 1 N–H and O–H groups in total. The van der Waals surface area contributed by atoms with Gasteiger partial charge in [-0.25, -0.2) is 0 Å². The second-order valence-corrected chi connectivity index (χ2v) is 8.32. The van der Waals surface area contributed by atoms with Crippen LogP contribution in [0, 0.1) is 12.8 Å². The van der Waals surface area contributed by atoms with Crippen LogP contribution in [0.2, 0.25) is 0 Å². The number of ether oxygens (including phenoxy) is 1. The van der Waals surface area contributed by atoms with Gasteiger partial charge in [0.25, 0.3) is 5.91 Å². The van der Waals surface area contributed by atoms with Gasteiger partial charge in [0.05, 0.1) is 13.2 Å². The van der Waals surface area contributed by atoms with Gasteiger partial charge in [0.2, 0.25) is 0 Å². The Morgan fingerprint density at radius 1 is 1.17 bits per heavy atom. The molecule has 1 fully saturated rings. The molecule has 29 heavy (non-hydrogen) atoms. The number of piperidine rings is 1. The maximum Gasteiger partial charge on any atom is 0.251 e. The van der Waals surface area contributed by atoms with Gasteiger partial charge >= 0.3 is 0 Å². The molecule has 1 aliphatic rings. The van der Waals surface area contributed by atoms with Crippen LogP contribution in [0.25, 0.3) is 0 Å². The number of likely N-dealkylation sites (tertiary alicyclic amines) is 1. The molecule has 1 amide bonds. The van der Waals surface area contributed by atoms with E-state index in [1.807, 2.05) is 31.2 Å². The molecule has 0 aliphatic carbocycles. The molecular formula is C25H34N2O2. The normalized spacial score (nSPS) is 16.4. The first-order valence-electron chi connectivity index (χ1n) is 10.8. The minimum Gasteiger partial charge on any atom is -0.496 e. The van der Waals surface area contributed by atoms with Crippen molar-refractivity contribution in [3.63, 3.8) is 0 Å². The molecule has 156 valence electrons. The summed E-state index contributed by atoms with van der Waals surface area (Å²) in [6.07, 6.45) is 3.40. The predicted octanol–water partition coefficient (Wildman–Crippen LogP) is 5.12. The van der Waals surface area contributed by atoms with Crippen molar-refractivity contribution in [1.29, 1.82) is 0 Å². The number of methoxy groups -OCH3 is 1. The monoisotopic (exact) mass is 394 g/mol. The zero-order chi connectivity index (χ0) is 20.8. The number of nitrogens with one attached hydrogen (secondary N) is 1. The van der Waals surface area contributed by atoms with Crippen LogP contribution < -0.4 is 10.1 Å². The molecule has 2 aromatic rings. The lowest BCUT2D eigenvalue weighted by Crippen LogP contribution is -2.32.